The van der Waals surface area contributed by atoms with Crippen molar-refractivity contribution in [2.24, 2.45) is 5.92 Å². The van der Waals surface area contributed by atoms with Crippen molar-refractivity contribution in [3.05, 3.63) is 40.8 Å². The van der Waals surface area contributed by atoms with Crippen molar-refractivity contribution < 1.29 is 0 Å². The maximum atomic E-state index is 9.35. The fourth-order valence-electron chi connectivity index (χ4n) is 3.52. The van der Waals surface area contributed by atoms with Gasteiger partial charge < -0.3 is 4.98 Å². The number of rotatable bonds is 2. The summed E-state index contributed by atoms with van der Waals surface area (Å²) in [7, 11) is 0. The number of H-pyrrole nitrogens is 1. The quantitative estimate of drug-likeness (QED) is 0.853. The number of nitrogens with one attached hydrogen (secondary N) is 1. The van der Waals surface area contributed by atoms with Gasteiger partial charge in [-0.25, -0.2) is 10.2 Å². The Labute approximate surface area is 126 Å². The second-order valence-electron chi connectivity index (χ2n) is 5.85. The van der Waals surface area contributed by atoms with Crippen molar-refractivity contribution in [1.29, 1.82) is 5.26 Å². The first kappa shape index (κ1) is 12.2. The van der Waals surface area contributed by atoms with Gasteiger partial charge in [0.2, 0.25) is 0 Å². The second kappa shape index (κ2) is 4.49. The van der Waals surface area contributed by atoms with E-state index in [9.17, 15) is 5.26 Å². The molecule has 0 spiro atoms. The summed E-state index contributed by atoms with van der Waals surface area (Å²) in [6, 6.07) is 8.18. The molecule has 4 rings (SSSR count). The van der Waals surface area contributed by atoms with Gasteiger partial charge in [-0.2, -0.15) is 0 Å². The van der Waals surface area contributed by atoms with Crippen LogP contribution in [0.25, 0.3) is 11.3 Å². The largest absolute Gasteiger partial charge is 0.342 e. The lowest BCUT2D eigenvalue weighted by Gasteiger charge is -2.10. The van der Waals surface area contributed by atoms with E-state index in [0.29, 0.717) is 11.6 Å². The van der Waals surface area contributed by atoms with Crippen LogP contribution in [0.15, 0.2) is 34.9 Å². The fraction of sp³-hybridized carbons (Fsp3) is 0.333. The lowest BCUT2D eigenvalue weighted by Crippen LogP contribution is -2.19. The first-order valence-corrected chi connectivity index (χ1v) is 7.76. The average Bonchev–Trinajstić information content (AvgIpc) is 2.92. The Morgan fingerprint density at radius 1 is 1.30 bits per heavy atom. The van der Waals surface area contributed by atoms with E-state index < -0.39 is 0 Å². The van der Waals surface area contributed by atoms with Crippen molar-refractivity contribution in [3.63, 3.8) is 0 Å². The van der Waals surface area contributed by atoms with Crippen molar-refractivity contribution in [2.45, 2.75) is 24.5 Å². The Bertz CT molecular complexity index is 688. The maximum absolute atomic E-state index is 9.35. The van der Waals surface area contributed by atoms with Crippen molar-refractivity contribution >= 4 is 22.6 Å². The van der Waals surface area contributed by atoms with Crippen molar-refractivity contribution in [2.75, 3.05) is 0 Å². The SMILES string of the molecule is N#CB1C(c2ncc(-c3ccc(Br)cc3)[nH]2)CC2CC12. The van der Waals surface area contributed by atoms with E-state index in [2.05, 4.69) is 44.0 Å². The van der Waals surface area contributed by atoms with Crippen LogP contribution in [0.5, 0.6) is 0 Å². The molecule has 2 aromatic rings. The van der Waals surface area contributed by atoms with Crippen LogP contribution in [-0.2, 0) is 0 Å². The van der Waals surface area contributed by atoms with E-state index in [1.165, 1.54) is 6.42 Å². The Kier molecular flexibility index (Phi) is 2.75. The summed E-state index contributed by atoms with van der Waals surface area (Å²) in [6.45, 7) is 0.156. The number of nitriles is 1. The van der Waals surface area contributed by atoms with E-state index in [4.69, 9.17) is 0 Å². The standard InChI is InChI=1S/C15H13BBrN3/c17-11-3-1-9(2-4-11)14-7-19-15(20-14)13-6-10-5-12(10)16(13)8-18/h1-4,7,10,12-13H,5-6H2,(H,19,20). The Hall–Kier alpha value is -1.54. The molecule has 2 heterocycles. The van der Waals surface area contributed by atoms with Crippen LogP contribution in [-0.4, -0.2) is 16.7 Å². The molecule has 2 aliphatic rings. The Morgan fingerprint density at radius 3 is 2.85 bits per heavy atom. The number of aromatic amines is 1. The third-order valence-corrected chi connectivity index (χ3v) is 5.21. The molecular weight excluding hydrogens is 313 g/mol. The van der Waals surface area contributed by atoms with Gasteiger partial charge in [0, 0.05) is 16.3 Å². The van der Waals surface area contributed by atoms with Crippen LogP contribution in [0.2, 0.25) is 5.82 Å². The predicted octanol–water partition coefficient (Wildman–Crippen LogP) is 3.81. The number of aromatic nitrogens is 2. The molecule has 0 amide bonds. The average molecular weight is 326 g/mol. The Balaban J connectivity index is 1.62. The minimum Gasteiger partial charge on any atom is -0.342 e. The topological polar surface area (TPSA) is 52.5 Å². The number of fused-ring (bicyclic) bond motifs is 1. The number of imidazole rings is 1. The van der Waals surface area contributed by atoms with Gasteiger partial charge in [-0.05, 0) is 35.9 Å². The first-order chi connectivity index (χ1) is 9.76. The van der Waals surface area contributed by atoms with Gasteiger partial charge in [-0.15, -0.1) is 0 Å². The van der Waals surface area contributed by atoms with Crippen LogP contribution in [0, 0.1) is 17.1 Å². The zero-order valence-electron chi connectivity index (χ0n) is 10.9. The predicted molar refractivity (Wildman–Crippen MR) is 82.3 cm³/mol. The molecule has 1 aliphatic carbocycles. The molecule has 1 saturated heterocycles. The van der Waals surface area contributed by atoms with Gasteiger partial charge in [0.25, 0.3) is 6.71 Å². The molecule has 3 unspecified atom stereocenters. The molecule has 0 bridgehead atoms. The summed E-state index contributed by atoms with van der Waals surface area (Å²) >= 11 is 3.44. The highest BCUT2D eigenvalue weighted by atomic mass is 79.9. The molecule has 1 aromatic heterocycles. The number of hydrogen-bond donors (Lipinski definition) is 1. The lowest BCUT2D eigenvalue weighted by atomic mass is 9.41. The minimum absolute atomic E-state index is 0.156. The molecule has 20 heavy (non-hydrogen) atoms. The first-order valence-electron chi connectivity index (χ1n) is 6.96. The van der Waals surface area contributed by atoms with Gasteiger partial charge >= 0.3 is 0 Å². The zero-order chi connectivity index (χ0) is 13.7. The molecule has 3 nitrogen and oxygen atoms in total. The van der Waals surface area contributed by atoms with E-state index in [1.54, 1.807) is 0 Å². The van der Waals surface area contributed by atoms with Crippen molar-refractivity contribution in [1.82, 2.24) is 9.97 Å². The van der Waals surface area contributed by atoms with Gasteiger partial charge in [-0.1, -0.05) is 34.5 Å². The molecule has 1 aromatic carbocycles. The van der Waals surface area contributed by atoms with Gasteiger partial charge in [-0.3, -0.25) is 0 Å². The van der Waals surface area contributed by atoms with Crippen LogP contribution < -0.4 is 0 Å². The van der Waals surface area contributed by atoms with Crippen molar-refractivity contribution in [3.8, 4) is 17.2 Å². The monoisotopic (exact) mass is 325 g/mol. The summed E-state index contributed by atoms with van der Waals surface area (Å²) in [4.78, 5) is 7.95. The third-order valence-electron chi connectivity index (χ3n) is 4.68. The molecule has 3 atom stereocenters. The Morgan fingerprint density at radius 2 is 2.10 bits per heavy atom. The normalized spacial score (nSPS) is 27.2. The summed E-state index contributed by atoms with van der Waals surface area (Å²) in [6.07, 6.45) is 4.25. The molecule has 1 saturated carbocycles. The number of hydrogen-bond acceptors (Lipinski definition) is 2. The number of nitrogens with zero attached hydrogens (tertiary/aromatic N) is 2. The molecule has 0 radical (unpaired) electrons. The van der Waals surface area contributed by atoms with Gasteiger partial charge in [0.15, 0.2) is 0 Å². The fourth-order valence-corrected chi connectivity index (χ4v) is 3.79. The number of benzene rings is 1. The molecular formula is C15H13BBrN3. The van der Waals surface area contributed by atoms with E-state index in [-0.39, 0.29) is 6.71 Å². The number of halogens is 1. The summed E-state index contributed by atoms with van der Waals surface area (Å²) in [5.41, 5.74) is 2.16. The van der Waals surface area contributed by atoms with Crippen LogP contribution in [0.4, 0.5) is 0 Å². The summed E-state index contributed by atoms with van der Waals surface area (Å²) in [5.74, 6) is 5.18. The molecule has 1 N–H and O–H groups in total. The zero-order valence-corrected chi connectivity index (χ0v) is 12.5. The van der Waals surface area contributed by atoms with Gasteiger partial charge in [0.1, 0.15) is 5.82 Å². The van der Waals surface area contributed by atoms with Crippen LogP contribution in [0.3, 0.4) is 0 Å². The highest BCUT2D eigenvalue weighted by molar-refractivity contribution is 9.10. The summed E-state index contributed by atoms with van der Waals surface area (Å²) in [5, 5.41) is 9.35. The van der Waals surface area contributed by atoms with E-state index >= 15 is 0 Å². The second-order valence-corrected chi connectivity index (χ2v) is 6.76. The van der Waals surface area contributed by atoms with Crippen LogP contribution >= 0.6 is 15.9 Å². The molecule has 98 valence electrons. The minimum atomic E-state index is 0.156. The lowest BCUT2D eigenvalue weighted by molar-refractivity contribution is 0.707. The maximum Gasteiger partial charge on any atom is 0.281 e. The molecule has 2 fully saturated rings. The van der Waals surface area contributed by atoms with Crippen LogP contribution in [0.1, 0.15) is 24.5 Å². The highest BCUT2D eigenvalue weighted by Gasteiger charge is 2.57. The van der Waals surface area contributed by atoms with E-state index in [1.807, 2.05) is 18.3 Å². The molecule has 5 heteroatoms. The molecule has 1 aliphatic heterocycles. The van der Waals surface area contributed by atoms with E-state index in [0.717, 1.165) is 33.9 Å². The van der Waals surface area contributed by atoms with Gasteiger partial charge in [0.05, 0.1) is 11.9 Å². The highest BCUT2D eigenvalue weighted by Crippen LogP contribution is 2.60. The smallest absolute Gasteiger partial charge is 0.281 e. The third kappa shape index (κ3) is 1.91. The summed E-state index contributed by atoms with van der Waals surface area (Å²) < 4.78 is 1.07.